The molecule has 6 heteroatoms. The topological polar surface area (TPSA) is 37.3 Å². The maximum absolute atomic E-state index is 10.7. The minimum atomic E-state index is -1.20. The fourth-order valence-electron chi connectivity index (χ4n) is 0.908. The first-order valence-corrected chi connectivity index (χ1v) is 5.13. The van der Waals surface area contributed by atoms with E-state index in [1.807, 2.05) is 0 Å². The van der Waals surface area contributed by atoms with Crippen molar-refractivity contribution in [3.8, 4) is 0 Å². The lowest BCUT2D eigenvalue weighted by Gasteiger charge is -2.08. The number of aliphatic carboxylic acids is 1. The Bertz CT molecular complexity index is 454. The number of rotatable bonds is 2. The number of hydrogen-bond donors (Lipinski definition) is 1. The normalized spacial score (nSPS) is 10.1. The molecule has 0 fully saturated rings. The third-order valence-corrected chi connectivity index (χ3v) is 3.44. The summed E-state index contributed by atoms with van der Waals surface area (Å²) in [5.74, 6) is -1.20. The molecule has 0 unspecified atom stereocenters. The highest BCUT2D eigenvalue weighted by Gasteiger charge is 2.18. The molecule has 0 atom stereocenters. The van der Waals surface area contributed by atoms with Gasteiger partial charge in [-0.15, -0.1) is 0 Å². The summed E-state index contributed by atoms with van der Waals surface area (Å²) in [6.45, 7) is 3.35. The summed E-state index contributed by atoms with van der Waals surface area (Å²) in [7, 11) is 0. The third-order valence-electron chi connectivity index (χ3n) is 1.69. The molecule has 2 nitrogen and oxygen atoms in total. The average Bonchev–Trinajstić information content (AvgIpc) is 2.19. The molecule has 15 heavy (non-hydrogen) atoms. The highest BCUT2D eigenvalue weighted by Crippen LogP contribution is 2.40. The summed E-state index contributed by atoms with van der Waals surface area (Å²) in [6, 6.07) is 1.31. The van der Waals surface area contributed by atoms with Gasteiger partial charge in [0.2, 0.25) is 0 Å². The van der Waals surface area contributed by atoms with Gasteiger partial charge in [0.1, 0.15) is 0 Å². The zero-order valence-corrected chi connectivity index (χ0v) is 10.2. The molecule has 0 spiro atoms. The Kier molecular flexibility index (Phi) is 3.90. The Morgan fingerprint density at radius 1 is 1.13 bits per heavy atom. The van der Waals surface area contributed by atoms with Gasteiger partial charge >= 0.3 is 5.97 Å². The highest BCUT2D eigenvalue weighted by molar-refractivity contribution is 6.52. The van der Waals surface area contributed by atoms with Crippen LogP contribution in [0.25, 0.3) is 5.57 Å². The van der Waals surface area contributed by atoms with E-state index in [1.54, 1.807) is 0 Å². The molecule has 0 aliphatic carbocycles. The quantitative estimate of drug-likeness (QED) is 0.497. The summed E-state index contributed by atoms with van der Waals surface area (Å²) in [5, 5.41) is 8.99. The maximum Gasteiger partial charge on any atom is 0.335 e. The largest absolute Gasteiger partial charge is 0.478 e. The highest BCUT2D eigenvalue weighted by atomic mass is 35.5. The molecule has 0 aliphatic heterocycles. The molecule has 0 amide bonds. The van der Waals surface area contributed by atoms with Crippen LogP contribution in [0.4, 0.5) is 0 Å². The Labute approximate surface area is 106 Å². The van der Waals surface area contributed by atoms with Crippen LogP contribution in [0.15, 0.2) is 12.6 Å². The second-order valence-corrected chi connectivity index (χ2v) is 4.17. The van der Waals surface area contributed by atoms with Gasteiger partial charge in [0.15, 0.2) is 0 Å². The molecule has 0 aliphatic rings. The third kappa shape index (κ3) is 2.40. The Balaban J connectivity index is 3.45. The van der Waals surface area contributed by atoms with Crippen LogP contribution >= 0.6 is 46.4 Å². The number of halogens is 4. The number of benzene rings is 1. The van der Waals surface area contributed by atoms with Crippen molar-refractivity contribution in [2.45, 2.75) is 0 Å². The van der Waals surface area contributed by atoms with E-state index in [9.17, 15) is 4.79 Å². The first-order valence-electron chi connectivity index (χ1n) is 3.61. The van der Waals surface area contributed by atoms with E-state index >= 15 is 0 Å². The van der Waals surface area contributed by atoms with E-state index in [2.05, 4.69) is 6.58 Å². The van der Waals surface area contributed by atoms with Crippen LogP contribution in [0.3, 0.4) is 0 Å². The predicted molar refractivity (Wildman–Crippen MR) is 63.2 cm³/mol. The van der Waals surface area contributed by atoms with E-state index in [0.29, 0.717) is 0 Å². The number of carboxylic acids is 1. The zero-order valence-electron chi connectivity index (χ0n) is 7.15. The Hall–Kier alpha value is -0.410. The smallest absolute Gasteiger partial charge is 0.335 e. The number of carbonyl (C=O) groups is 1. The monoisotopic (exact) mass is 284 g/mol. The first-order chi connectivity index (χ1) is 6.86. The van der Waals surface area contributed by atoms with Crippen molar-refractivity contribution >= 4 is 57.9 Å². The molecule has 1 aromatic rings. The fourth-order valence-corrected chi connectivity index (χ4v) is 1.82. The Morgan fingerprint density at radius 2 is 1.67 bits per heavy atom. The van der Waals surface area contributed by atoms with Gasteiger partial charge in [0.05, 0.1) is 25.7 Å². The SMILES string of the molecule is C=C(C(=O)O)c1cc(Cl)c(Cl)c(Cl)c1Cl. The lowest BCUT2D eigenvalue weighted by atomic mass is 10.1. The lowest BCUT2D eigenvalue weighted by molar-refractivity contribution is -0.130. The van der Waals surface area contributed by atoms with Crippen molar-refractivity contribution in [3.63, 3.8) is 0 Å². The van der Waals surface area contributed by atoms with Crippen molar-refractivity contribution in [2.75, 3.05) is 0 Å². The number of hydrogen-bond acceptors (Lipinski definition) is 1. The zero-order chi connectivity index (χ0) is 11.7. The van der Waals surface area contributed by atoms with E-state index in [1.165, 1.54) is 6.07 Å². The maximum atomic E-state index is 10.7. The molecular formula is C9H4Cl4O2. The second-order valence-electron chi connectivity index (χ2n) is 2.63. The van der Waals surface area contributed by atoms with Crippen molar-refractivity contribution < 1.29 is 9.90 Å². The van der Waals surface area contributed by atoms with E-state index < -0.39 is 5.97 Å². The van der Waals surface area contributed by atoms with Crippen LogP contribution in [-0.2, 0) is 4.79 Å². The van der Waals surface area contributed by atoms with Gasteiger partial charge in [0.25, 0.3) is 0 Å². The van der Waals surface area contributed by atoms with Crippen molar-refractivity contribution in [1.29, 1.82) is 0 Å². The van der Waals surface area contributed by atoms with Crippen LogP contribution in [0.5, 0.6) is 0 Å². The van der Waals surface area contributed by atoms with Crippen molar-refractivity contribution in [3.05, 3.63) is 38.3 Å². The summed E-state index contributed by atoms with van der Waals surface area (Å²) in [5.41, 5.74) is -0.0379. The first kappa shape index (κ1) is 12.7. The molecule has 80 valence electrons. The van der Waals surface area contributed by atoms with Crippen molar-refractivity contribution in [2.24, 2.45) is 0 Å². The lowest BCUT2D eigenvalue weighted by Crippen LogP contribution is -1.99. The van der Waals surface area contributed by atoms with E-state index in [4.69, 9.17) is 51.5 Å². The molecule has 0 saturated heterocycles. The molecule has 1 aromatic carbocycles. The van der Waals surface area contributed by atoms with E-state index in [0.717, 1.165) is 0 Å². The van der Waals surface area contributed by atoms with Crippen LogP contribution in [0.2, 0.25) is 20.1 Å². The van der Waals surface area contributed by atoms with Gasteiger partial charge in [-0.1, -0.05) is 53.0 Å². The molecule has 1 rings (SSSR count). The van der Waals surface area contributed by atoms with Gasteiger partial charge in [-0.25, -0.2) is 4.79 Å². The predicted octanol–water partition coefficient (Wildman–Crippen LogP) is 4.40. The van der Waals surface area contributed by atoms with E-state index in [-0.39, 0.29) is 31.2 Å². The van der Waals surface area contributed by atoms with Crippen LogP contribution < -0.4 is 0 Å². The molecular weight excluding hydrogens is 282 g/mol. The summed E-state index contributed by atoms with van der Waals surface area (Å²) in [6.07, 6.45) is 0. The molecule has 0 heterocycles. The molecule has 1 N–H and O–H groups in total. The van der Waals surface area contributed by atoms with Gasteiger partial charge in [-0.3, -0.25) is 0 Å². The van der Waals surface area contributed by atoms with Crippen LogP contribution in [0.1, 0.15) is 5.56 Å². The molecule has 0 saturated carbocycles. The average molecular weight is 286 g/mol. The second kappa shape index (κ2) is 4.62. The minimum absolute atomic E-state index is 0.0169. The number of carboxylic acid groups (broad SMARTS) is 1. The van der Waals surface area contributed by atoms with Gasteiger partial charge in [-0.05, 0) is 6.07 Å². The Morgan fingerprint density at radius 3 is 2.13 bits per heavy atom. The molecule has 0 radical (unpaired) electrons. The molecule has 0 aromatic heterocycles. The molecule has 0 bridgehead atoms. The van der Waals surface area contributed by atoms with Gasteiger partial charge in [0, 0.05) is 5.56 Å². The van der Waals surface area contributed by atoms with Crippen LogP contribution in [-0.4, -0.2) is 11.1 Å². The summed E-state index contributed by atoms with van der Waals surface area (Å²) >= 11 is 23.0. The standard InChI is InChI=1S/C9H4Cl4O2/c1-3(9(14)15)4-2-5(10)7(12)8(13)6(4)11/h2H,1H2,(H,14,15). The summed E-state index contributed by atoms with van der Waals surface area (Å²) < 4.78 is 0. The fraction of sp³-hybridized carbons (Fsp3) is 0. The van der Waals surface area contributed by atoms with Crippen LogP contribution in [0, 0.1) is 0 Å². The van der Waals surface area contributed by atoms with Gasteiger partial charge in [-0.2, -0.15) is 0 Å². The summed E-state index contributed by atoms with van der Waals surface area (Å²) in [4.78, 5) is 10.7. The van der Waals surface area contributed by atoms with Crippen molar-refractivity contribution in [1.82, 2.24) is 0 Å². The van der Waals surface area contributed by atoms with Gasteiger partial charge < -0.3 is 5.11 Å². The minimum Gasteiger partial charge on any atom is -0.478 e.